The minimum Gasteiger partial charge on any atom is -0.493 e. The smallest absolute Gasteiger partial charge is 0.255 e. The topological polar surface area (TPSA) is 135 Å². The van der Waals surface area contributed by atoms with Crippen LogP contribution in [-0.2, 0) is 9.53 Å². The maximum absolute atomic E-state index is 13.0. The molecule has 1 heterocycles. The van der Waals surface area contributed by atoms with Gasteiger partial charge in [0.15, 0.2) is 0 Å². The number of para-hydroxylation sites is 1. The van der Waals surface area contributed by atoms with Gasteiger partial charge in [0.05, 0.1) is 18.3 Å². The monoisotopic (exact) mass is 620 g/mol. The van der Waals surface area contributed by atoms with Crippen LogP contribution in [0.15, 0.2) is 24.3 Å². The molecule has 1 saturated heterocycles. The van der Waals surface area contributed by atoms with Crippen LogP contribution >= 0.6 is 24.8 Å². The average molecular weight is 622 g/mol. The van der Waals surface area contributed by atoms with Crippen LogP contribution in [-0.4, -0.2) is 75.6 Å². The fourth-order valence-electron chi connectivity index (χ4n) is 4.96. The first-order valence-electron chi connectivity index (χ1n) is 14.5. The molecule has 0 spiro atoms. The highest BCUT2D eigenvalue weighted by Gasteiger charge is 2.37. The molecule has 1 aliphatic heterocycles. The first kappa shape index (κ1) is 39.4. The number of aliphatic hydroxyl groups excluding tert-OH is 1. The number of carbonyl (C=O) groups is 2. The summed E-state index contributed by atoms with van der Waals surface area (Å²) < 4.78 is 10.9. The number of methoxy groups -OCH3 is 1. The van der Waals surface area contributed by atoms with Crippen molar-refractivity contribution in [1.29, 1.82) is 0 Å². The summed E-state index contributed by atoms with van der Waals surface area (Å²) in [4.78, 5) is 25.9. The molecule has 0 bridgehead atoms. The zero-order chi connectivity index (χ0) is 28.8. The van der Waals surface area contributed by atoms with Crippen molar-refractivity contribution in [2.45, 2.75) is 71.9 Å². The van der Waals surface area contributed by atoms with E-state index in [-0.39, 0.29) is 60.9 Å². The largest absolute Gasteiger partial charge is 0.493 e. The zero-order valence-electron chi connectivity index (χ0n) is 25.4. The van der Waals surface area contributed by atoms with Crippen LogP contribution in [0.2, 0.25) is 0 Å². The predicted molar refractivity (Wildman–Crippen MR) is 169 cm³/mol. The third-order valence-electron chi connectivity index (χ3n) is 8.04. The van der Waals surface area contributed by atoms with Crippen molar-refractivity contribution >= 4 is 36.6 Å². The zero-order valence-corrected chi connectivity index (χ0v) is 27.1. The first-order chi connectivity index (χ1) is 18.6. The SMILES string of the molecule is COCCCCOc1ccccc1C(=O)NC[C@@H](C[C@H](N)[C@@H](O)CNC(=O)C(C)(C)C1CCCNC1)C(C)C.Cl.Cl. The molecule has 1 aliphatic rings. The summed E-state index contributed by atoms with van der Waals surface area (Å²) in [7, 11) is 1.67. The number of nitrogens with two attached hydrogens (primary N) is 1. The van der Waals surface area contributed by atoms with E-state index in [1.54, 1.807) is 19.2 Å². The summed E-state index contributed by atoms with van der Waals surface area (Å²) in [5.74, 6) is 0.855. The molecule has 1 fully saturated rings. The Balaban J connectivity index is 0.00000800. The summed E-state index contributed by atoms with van der Waals surface area (Å²) in [6.45, 7) is 11.6. The molecule has 0 saturated carbocycles. The van der Waals surface area contributed by atoms with Gasteiger partial charge < -0.3 is 36.3 Å². The van der Waals surface area contributed by atoms with E-state index < -0.39 is 17.6 Å². The molecule has 2 amide bonds. The van der Waals surface area contributed by atoms with Crippen LogP contribution in [0, 0.1) is 23.2 Å². The lowest BCUT2D eigenvalue weighted by molar-refractivity contribution is -0.133. The van der Waals surface area contributed by atoms with Gasteiger partial charge in [-0.3, -0.25) is 9.59 Å². The van der Waals surface area contributed by atoms with Gasteiger partial charge in [0.1, 0.15) is 5.75 Å². The quantitative estimate of drug-likeness (QED) is 0.168. The standard InChI is InChI=1S/C30H52N4O5.2ClH/c1-21(2)22(18-33-28(36)24-12-6-7-13-27(24)39-16-9-8-15-38-5)17-25(31)26(35)20-34-29(37)30(3,4)23-11-10-14-32-19-23;;/h6-7,12-13,21-23,25-26,32,35H,8-11,14-20,31H2,1-5H3,(H,33,36)(H,34,37);2*1H/t22-,23?,25+,26+;;/m1../s1. The molecular formula is C30H54Cl2N4O5. The van der Waals surface area contributed by atoms with Gasteiger partial charge >= 0.3 is 0 Å². The van der Waals surface area contributed by atoms with Crippen LogP contribution in [0.1, 0.15) is 70.2 Å². The van der Waals surface area contributed by atoms with Crippen LogP contribution in [0.3, 0.4) is 0 Å². The van der Waals surface area contributed by atoms with Crippen molar-refractivity contribution in [2.24, 2.45) is 28.9 Å². The van der Waals surface area contributed by atoms with Gasteiger partial charge in [-0.2, -0.15) is 0 Å². The second-order valence-corrected chi connectivity index (χ2v) is 11.7. The van der Waals surface area contributed by atoms with Gasteiger partial charge in [0.2, 0.25) is 5.91 Å². The summed E-state index contributed by atoms with van der Waals surface area (Å²) >= 11 is 0. The summed E-state index contributed by atoms with van der Waals surface area (Å²) in [5, 5.41) is 20.1. The number of hydrogen-bond acceptors (Lipinski definition) is 7. The number of piperidine rings is 1. The molecule has 2 rings (SSSR count). The van der Waals surface area contributed by atoms with Gasteiger partial charge in [0.25, 0.3) is 5.91 Å². The Morgan fingerprint density at radius 3 is 2.44 bits per heavy atom. The van der Waals surface area contributed by atoms with Crippen molar-refractivity contribution in [3.63, 3.8) is 0 Å². The van der Waals surface area contributed by atoms with E-state index in [0.29, 0.717) is 37.5 Å². The molecule has 238 valence electrons. The van der Waals surface area contributed by atoms with Crippen LogP contribution in [0.25, 0.3) is 0 Å². The summed E-state index contributed by atoms with van der Waals surface area (Å²) in [6.07, 6.45) is 3.46. The van der Waals surface area contributed by atoms with Crippen LogP contribution in [0.5, 0.6) is 5.75 Å². The molecule has 0 aliphatic carbocycles. The molecule has 6 N–H and O–H groups in total. The first-order valence-corrected chi connectivity index (χ1v) is 14.5. The fourth-order valence-corrected chi connectivity index (χ4v) is 4.96. The van der Waals surface area contributed by atoms with Crippen LogP contribution < -0.4 is 26.4 Å². The second kappa shape index (κ2) is 20.3. The lowest BCUT2D eigenvalue weighted by Gasteiger charge is -2.36. The minimum atomic E-state index is -0.876. The number of nitrogens with one attached hydrogen (secondary N) is 3. The number of amides is 2. The van der Waals surface area contributed by atoms with Crippen molar-refractivity contribution in [3.05, 3.63) is 29.8 Å². The number of aliphatic hydroxyl groups is 1. The second-order valence-electron chi connectivity index (χ2n) is 11.7. The average Bonchev–Trinajstić information content (AvgIpc) is 2.93. The molecular weight excluding hydrogens is 567 g/mol. The molecule has 9 nitrogen and oxygen atoms in total. The molecule has 41 heavy (non-hydrogen) atoms. The van der Waals surface area contributed by atoms with Gasteiger partial charge in [-0.05, 0) is 75.1 Å². The van der Waals surface area contributed by atoms with E-state index in [2.05, 4.69) is 29.8 Å². The number of halogens is 2. The van der Waals surface area contributed by atoms with Gasteiger partial charge in [-0.25, -0.2) is 0 Å². The maximum atomic E-state index is 13.0. The van der Waals surface area contributed by atoms with E-state index in [9.17, 15) is 14.7 Å². The molecule has 0 aromatic heterocycles. The number of hydrogen-bond donors (Lipinski definition) is 5. The molecule has 4 atom stereocenters. The normalized spacial score (nSPS) is 17.4. The summed E-state index contributed by atoms with van der Waals surface area (Å²) in [6, 6.07) is 6.70. The van der Waals surface area contributed by atoms with Crippen molar-refractivity contribution in [1.82, 2.24) is 16.0 Å². The Kier molecular flexibility index (Phi) is 19.5. The lowest BCUT2D eigenvalue weighted by Crippen LogP contribution is -2.51. The highest BCUT2D eigenvalue weighted by Crippen LogP contribution is 2.32. The van der Waals surface area contributed by atoms with Gasteiger partial charge in [-0.15, -0.1) is 24.8 Å². The third-order valence-corrected chi connectivity index (χ3v) is 8.04. The lowest BCUT2D eigenvalue weighted by atomic mass is 9.74. The number of rotatable bonds is 17. The molecule has 1 aromatic carbocycles. The van der Waals surface area contributed by atoms with Crippen LogP contribution in [0.4, 0.5) is 0 Å². The van der Waals surface area contributed by atoms with Crippen molar-refractivity contribution < 1.29 is 24.2 Å². The molecule has 1 aromatic rings. The Morgan fingerprint density at radius 1 is 1.12 bits per heavy atom. The van der Waals surface area contributed by atoms with E-state index in [0.717, 1.165) is 38.8 Å². The molecule has 1 unspecified atom stereocenters. The fraction of sp³-hybridized carbons (Fsp3) is 0.733. The number of benzene rings is 1. The minimum absolute atomic E-state index is 0. The molecule has 0 radical (unpaired) electrons. The van der Waals surface area contributed by atoms with E-state index >= 15 is 0 Å². The predicted octanol–water partition coefficient (Wildman–Crippen LogP) is 3.56. The van der Waals surface area contributed by atoms with E-state index in [1.807, 2.05) is 26.0 Å². The Labute approximate surface area is 259 Å². The highest BCUT2D eigenvalue weighted by molar-refractivity contribution is 5.96. The Morgan fingerprint density at radius 2 is 1.80 bits per heavy atom. The number of ether oxygens (including phenoxy) is 2. The summed E-state index contributed by atoms with van der Waals surface area (Å²) in [5.41, 5.74) is 6.35. The molecule has 11 heteroatoms. The number of unbranched alkanes of at least 4 members (excludes halogenated alkanes) is 1. The Bertz CT molecular complexity index is 884. The van der Waals surface area contributed by atoms with Gasteiger partial charge in [0, 0.05) is 38.3 Å². The van der Waals surface area contributed by atoms with E-state index in [4.69, 9.17) is 15.2 Å². The van der Waals surface area contributed by atoms with Gasteiger partial charge in [-0.1, -0.05) is 39.8 Å². The number of carbonyl (C=O) groups excluding carboxylic acids is 2. The van der Waals surface area contributed by atoms with Crippen molar-refractivity contribution in [3.8, 4) is 5.75 Å². The third kappa shape index (κ3) is 13.1. The highest BCUT2D eigenvalue weighted by atomic mass is 35.5. The van der Waals surface area contributed by atoms with Crippen molar-refractivity contribution in [2.75, 3.05) is 46.5 Å². The maximum Gasteiger partial charge on any atom is 0.255 e. The Hall–Kier alpha value is -1.62. The van der Waals surface area contributed by atoms with E-state index in [1.165, 1.54) is 0 Å².